The second-order valence-electron chi connectivity index (χ2n) is 4.65. The van der Waals surface area contributed by atoms with Crippen LogP contribution in [0.15, 0.2) is 12.2 Å². The molecule has 0 aromatic carbocycles. The quantitative estimate of drug-likeness (QED) is 0.713. The number of likely N-dealkylation sites (tertiary alicyclic amines) is 1. The smallest absolute Gasteiger partial charge is 0.220 e. The van der Waals surface area contributed by atoms with Gasteiger partial charge in [-0.1, -0.05) is 26.0 Å². The standard InChI is InChI=1S/C12H22N2O/c1-10(2)4-3-7-14-8-5-11(6-9-14)12(13)15/h3-4,10-11H,5-9H2,1-2H3,(H2,13,15)/b4-3+. The first-order valence-electron chi connectivity index (χ1n) is 5.78. The minimum Gasteiger partial charge on any atom is -0.369 e. The highest BCUT2D eigenvalue weighted by Gasteiger charge is 2.21. The number of carbonyl (C=O) groups is 1. The van der Waals surface area contributed by atoms with Crippen LogP contribution >= 0.6 is 0 Å². The fourth-order valence-electron chi connectivity index (χ4n) is 1.88. The number of amides is 1. The van der Waals surface area contributed by atoms with Crippen molar-refractivity contribution < 1.29 is 4.79 Å². The second-order valence-corrected chi connectivity index (χ2v) is 4.65. The van der Waals surface area contributed by atoms with Gasteiger partial charge in [0.1, 0.15) is 0 Å². The molecule has 0 saturated carbocycles. The highest BCUT2D eigenvalue weighted by atomic mass is 16.1. The summed E-state index contributed by atoms with van der Waals surface area (Å²) in [7, 11) is 0. The van der Waals surface area contributed by atoms with Crippen LogP contribution in [0.3, 0.4) is 0 Å². The van der Waals surface area contributed by atoms with E-state index >= 15 is 0 Å². The molecule has 0 aromatic rings. The maximum Gasteiger partial charge on any atom is 0.220 e. The monoisotopic (exact) mass is 210 g/mol. The lowest BCUT2D eigenvalue weighted by atomic mass is 9.96. The molecule has 0 aliphatic carbocycles. The Kier molecular flexibility index (Phi) is 4.82. The van der Waals surface area contributed by atoms with Crippen LogP contribution in [0.2, 0.25) is 0 Å². The van der Waals surface area contributed by atoms with Gasteiger partial charge in [-0.2, -0.15) is 0 Å². The van der Waals surface area contributed by atoms with Crippen LogP contribution in [0.25, 0.3) is 0 Å². The summed E-state index contributed by atoms with van der Waals surface area (Å²) in [5, 5.41) is 0. The number of primary amides is 1. The normalized spacial score (nSPS) is 20.2. The highest BCUT2D eigenvalue weighted by Crippen LogP contribution is 2.16. The van der Waals surface area contributed by atoms with Crippen molar-refractivity contribution in [2.24, 2.45) is 17.6 Å². The number of hydrogen-bond donors (Lipinski definition) is 1. The second kappa shape index (κ2) is 5.91. The average Bonchev–Trinajstić information content (AvgIpc) is 2.18. The average molecular weight is 210 g/mol. The third-order valence-electron chi connectivity index (χ3n) is 2.87. The van der Waals surface area contributed by atoms with Crippen LogP contribution in [0, 0.1) is 11.8 Å². The first-order valence-corrected chi connectivity index (χ1v) is 5.78. The predicted molar refractivity (Wildman–Crippen MR) is 62.3 cm³/mol. The molecule has 1 rings (SSSR count). The lowest BCUT2D eigenvalue weighted by Gasteiger charge is -2.29. The Morgan fingerprint density at radius 2 is 2.07 bits per heavy atom. The summed E-state index contributed by atoms with van der Waals surface area (Å²) in [6, 6.07) is 0. The van der Waals surface area contributed by atoms with Crippen molar-refractivity contribution in [3.05, 3.63) is 12.2 Å². The van der Waals surface area contributed by atoms with Gasteiger partial charge in [0, 0.05) is 12.5 Å². The van der Waals surface area contributed by atoms with Gasteiger partial charge in [0.25, 0.3) is 0 Å². The number of nitrogens with zero attached hydrogens (tertiary/aromatic N) is 1. The fraction of sp³-hybridized carbons (Fsp3) is 0.750. The molecule has 1 fully saturated rings. The van der Waals surface area contributed by atoms with Gasteiger partial charge >= 0.3 is 0 Å². The summed E-state index contributed by atoms with van der Waals surface area (Å²) in [4.78, 5) is 13.3. The van der Waals surface area contributed by atoms with Crippen molar-refractivity contribution in [2.75, 3.05) is 19.6 Å². The van der Waals surface area contributed by atoms with Gasteiger partial charge in [0.15, 0.2) is 0 Å². The molecule has 0 bridgehead atoms. The molecular formula is C12H22N2O. The lowest BCUT2D eigenvalue weighted by molar-refractivity contribution is -0.123. The van der Waals surface area contributed by atoms with E-state index in [9.17, 15) is 4.79 Å². The van der Waals surface area contributed by atoms with Crippen LogP contribution in [-0.2, 0) is 4.79 Å². The Bertz CT molecular complexity index is 228. The molecule has 1 heterocycles. The van der Waals surface area contributed by atoms with Gasteiger partial charge in [0.05, 0.1) is 0 Å². The molecule has 15 heavy (non-hydrogen) atoms. The summed E-state index contributed by atoms with van der Waals surface area (Å²) < 4.78 is 0. The highest BCUT2D eigenvalue weighted by molar-refractivity contribution is 5.76. The van der Waals surface area contributed by atoms with Crippen LogP contribution in [0.5, 0.6) is 0 Å². The van der Waals surface area contributed by atoms with E-state index in [2.05, 4.69) is 30.9 Å². The van der Waals surface area contributed by atoms with E-state index in [0.29, 0.717) is 5.92 Å². The number of nitrogens with two attached hydrogens (primary N) is 1. The van der Waals surface area contributed by atoms with E-state index in [1.807, 2.05) is 0 Å². The van der Waals surface area contributed by atoms with Crippen molar-refractivity contribution in [3.8, 4) is 0 Å². The SMILES string of the molecule is CC(C)/C=C/CN1CCC(C(N)=O)CC1. The van der Waals surface area contributed by atoms with Crippen LogP contribution in [0.4, 0.5) is 0 Å². The van der Waals surface area contributed by atoms with Gasteiger partial charge in [-0.05, 0) is 31.8 Å². The summed E-state index contributed by atoms with van der Waals surface area (Å²) in [6.45, 7) is 7.35. The van der Waals surface area contributed by atoms with Crippen LogP contribution in [-0.4, -0.2) is 30.4 Å². The number of hydrogen-bond acceptors (Lipinski definition) is 2. The molecule has 0 unspecified atom stereocenters. The topological polar surface area (TPSA) is 46.3 Å². The van der Waals surface area contributed by atoms with Gasteiger partial charge in [-0.3, -0.25) is 9.69 Å². The van der Waals surface area contributed by atoms with Gasteiger partial charge < -0.3 is 5.73 Å². The van der Waals surface area contributed by atoms with Crippen LogP contribution in [0.1, 0.15) is 26.7 Å². The Balaban J connectivity index is 2.23. The fourth-order valence-corrected chi connectivity index (χ4v) is 1.88. The maximum absolute atomic E-state index is 11.0. The van der Waals surface area contributed by atoms with Crippen molar-refractivity contribution in [2.45, 2.75) is 26.7 Å². The molecule has 0 aromatic heterocycles. The Morgan fingerprint density at radius 1 is 1.47 bits per heavy atom. The molecule has 3 nitrogen and oxygen atoms in total. The molecule has 1 saturated heterocycles. The third kappa shape index (κ3) is 4.47. The first kappa shape index (κ1) is 12.2. The largest absolute Gasteiger partial charge is 0.369 e. The van der Waals surface area contributed by atoms with Crippen molar-refractivity contribution in [1.29, 1.82) is 0 Å². The molecule has 0 radical (unpaired) electrons. The summed E-state index contributed by atoms with van der Waals surface area (Å²) >= 11 is 0. The first-order chi connectivity index (χ1) is 7.09. The Labute approximate surface area is 92.3 Å². The van der Waals surface area contributed by atoms with E-state index in [1.165, 1.54) is 0 Å². The molecule has 3 heteroatoms. The molecule has 2 N–H and O–H groups in total. The maximum atomic E-state index is 11.0. The molecule has 86 valence electrons. The Hall–Kier alpha value is -0.830. The van der Waals surface area contributed by atoms with E-state index in [1.54, 1.807) is 0 Å². The minimum absolute atomic E-state index is 0.107. The van der Waals surface area contributed by atoms with Gasteiger partial charge in [0.2, 0.25) is 5.91 Å². The number of allylic oxidation sites excluding steroid dienone is 1. The van der Waals surface area contributed by atoms with Crippen LogP contribution < -0.4 is 5.73 Å². The molecule has 1 aliphatic heterocycles. The van der Waals surface area contributed by atoms with E-state index in [0.717, 1.165) is 32.5 Å². The van der Waals surface area contributed by atoms with Crippen molar-refractivity contribution >= 4 is 5.91 Å². The van der Waals surface area contributed by atoms with Crippen molar-refractivity contribution in [3.63, 3.8) is 0 Å². The van der Waals surface area contributed by atoms with E-state index < -0.39 is 0 Å². The number of carbonyl (C=O) groups excluding carboxylic acids is 1. The molecule has 1 aliphatic rings. The zero-order valence-electron chi connectivity index (χ0n) is 9.78. The van der Waals surface area contributed by atoms with E-state index in [4.69, 9.17) is 5.73 Å². The summed E-state index contributed by atoms with van der Waals surface area (Å²) in [6.07, 6.45) is 6.28. The molecular weight excluding hydrogens is 188 g/mol. The molecule has 0 spiro atoms. The van der Waals surface area contributed by atoms with Gasteiger partial charge in [-0.15, -0.1) is 0 Å². The summed E-state index contributed by atoms with van der Waals surface area (Å²) in [5.41, 5.74) is 5.28. The lowest BCUT2D eigenvalue weighted by Crippen LogP contribution is -2.38. The van der Waals surface area contributed by atoms with E-state index in [-0.39, 0.29) is 11.8 Å². The zero-order valence-corrected chi connectivity index (χ0v) is 9.78. The minimum atomic E-state index is -0.132. The predicted octanol–water partition coefficient (Wildman–Crippen LogP) is 1.40. The molecule has 0 atom stereocenters. The third-order valence-corrected chi connectivity index (χ3v) is 2.87. The Morgan fingerprint density at radius 3 is 2.53 bits per heavy atom. The zero-order chi connectivity index (χ0) is 11.3. The van der Waals surface area contributed by atoms with Crippen molar-refractivity contribution in [1.82, 2.24) is 4.90 Å². The number of rotatable bonds is 4. The summed E-state index contributed by atoms with van der Waals surface area (Å²) in [5.74, 6) is 0.593. The molecule has 1 amide bonds. The van der Waals surface area contributed by atoms with Gasteiger partial charge in [-0.25, -0.2) is 0 Å². The number of piperidine rings is 1.